The first-order chi connectivity index (χ1) is 8.74. The molecule has 0 aliphatic heterocycles. The molecule has 3 rings (SSSR count). The highest BCUT2D eigenvalue weighted by molar-refractivity contribution is 9.10. The standard InChI is InChI=1S/C16H16BrN/c17-15-8-6-12(7-9-15)16(18)14-5-4-11-2-1-3-13(11)10-14/h4-10,16H,1-3,18H2. The molecule has 2 heteroatoms. The van der Waals surface area contributed by atoms with Crippen molar-refractivity contribution in [2.24, 2.45) is 5.73 Å². The van der Waals surface area contributed by atoms with Gasteiger partial charge in [-0.15, -0.1) is 0 Å². The molecule has 1 aliphatic rings. The summed E-state index contributed by atoms with van der Waals surface area (Å²) < 4.78 is 1.09. The highest BCUT2D eigenvalue weighted by Crippen LogP contribution is 2.27. The predicted molar refractivity (Wildman–Crippen MR) is 78.6 cm³/mol. The number of halogens is 1. The van der Waals surface area contributed by atoms with Crippen LogP contribution in [0.4, 0.5) is 0 Å². The first-order valence-electron chi connectivity index (χ1n) is 6.37. The topological polar surface area (TPSA) is 26.0 Å². The fourth-order valence-corrected chi connectivity index (χ4v) is 2.91. The summed E-state index contributed by atoms with van der Waals surface area (Å²) >= 11 is 3.45. The molecule has 2 aromatic rings. The molecule has 2 N–H and O–H groups in total. The van der Waals surface area contributed by atoms with E-state index in [-0.39, 0.29) is 6.04 Å². The van der Waals surface area contributed by atoms with E-state index in [0.717, 1.165) is 10.0 Å². The van der Waals surface area contributed by atoms with Gasteiger partial charge in [0.25, 0.3) is 0 Å². The average Bonchev–Trinajstić information content (AvgIpc) is 2.86. The molecular formula is C16H16BrN. The van der Waals surface area contributed by atoms with E-state index in [1.807, 2.05) is 12.1 Å². The van der Waals surface area contributed by atoms with E-state index in [9.17, 15) is 0 Å². The summed E-state index contributed by atoms with van der Waals surface area (Å²) in [5.41, 5.74) is 11.7. The molecule has 0 radical (unpaired) electrons. The van der Waals surface area contributed by atoms with E-state index < -0.39 is 0 Å². The largest absolute Gasteiger partial charge is 0.320 e. The lowest BCUT2D eigenvalue weighted by molar-refractivity contribution is 0.867. The maximum Gasteiger partial charge on any atom is 0.0551 e. The summed E-state index contributed by atoms with van der Waals surface area (Å²) in [4.78, 5) is 0. The lowest BCUT2D eigenvalue weighted by Gasteiger charge is -2.14. The number of benzene rings is 2. The molecule has 0 amide bonds. The average molecular weight is 302 g/mol. The van der Waals surface area contributed by atoms with Gasteiger partial charge < -0.3 is 5.73 Å². The highest BCUT2D eigenvalue weighted by atomic mass is 79.9. The second kappa shape index (κ2) is 4.87. The van der Waals surface area contributed by atoms with Crippen LogP contribution in [0, 0.1) is 0 Å². The summed E-state index contributed by atoms with van der Waals surface area (Å²) in [7, 11) is 0. The molecule has 2 aromatic carbocycles. The number of fused-ring (bicyclic) bond motifs is 1. The van der Waals surface area contributed by atoms with Gasteiger partial charge in [-0.1, -0.05) is 46.3 Å². The maximum atomic E-state index is 6.35. The van der Waals surface area contributed by atoms with Crippen molar-refractivity contribution in [1.82, 2.24) is 0 Å². The van der Waals surface area contributed by atoms with Crippen LogP contribution in [-0.2, 0) is 12.8 Å². The molecule has 0 aromatic heterocycles. The van der Waals surface area contributed by atoms with Gasteiger partial charge >= 0.3 is 0 Å². The molecule has 0 heterocycles. The Morgan fingerprint density at radius 2 is 1.56 bits per heavy atom. The fraction of sp³-hybridized carbons (Fsp3) is 0.250. The third kappa shape index (κ3) is 2.23. The van der Waals surface area contributed by atoms with Gasteiger partial charge in [-0.3, -0.25) is 0 Å². The maximum absolute atomic E-state index is 6.35. The Balaban J connectivity index is 1.92. The van der Waals surface area contributed by atoms with Gasteiger partial charge in [0.1, 0.15) is 0 Å². The third-order valence-corrected chi connectivity index (χ3v) is 4.24. The lowest BCUT2D eigenvalue weighted by Crippen LogP contribution is -2.12. The smallest absolute Gasteiger partial charge is 0.0551 e. The second-order valence-electron chi connectivity index (χ2n) is 4.91. The van der Waals surface area contributed by atoms with Crippen molar-refractivity contribution >= 4 is 15.9 Å². The molecule has 1 atom stereocenters. The predicted octanol–water partition coefficient (Wildman–Crippen LogP) is 3.99. The van der Waals surface area contributed by atoms with E-state index in [0.29, 0.717) is 0 Å². The Bertz CT molecular complexity index is 560. The van der Waals surface area contributed by atoms with Crippen LogP contribution in [0.3, 0.4) is 0 Å². The van der Waals surface area contributed by atoms with Crippen LogP contribution in [0.5, 0.6) is 0 Å². The van der Waals surface area contributed by atoms with Crippen LogP contribution in [-0.4, -0.2) is 0 Å². The number of rotatable bonds is 2. The summed E-state index contributed by atoms with van der Waals surface area (Å²) in [6.45, 7) is 0. The Kier molecular flexibility index (Phi) is 3.23. The van der Waals surface area contributed by atoms with Crippen molar-refractivity contribution in [3.63, 3.8) is 0 Å². The van der Waals surface area contributed by atoms with Gasteiger partial charge in [0.15, 0.2) is 0 Å². The molecule has 0 fully saturated rings. The molecule has 0 saturated carbocycles. The van der Waals surface area contributed by atoms with Crippen LogP contribution >= 0.6 is 15.9 Å². The minimum absolute atomic E-state index is 0.0241. The Labute approximate surface area is 116 Å². The SMILES string of the molecule is NC(c1ccc(Br)cc1)c1ccc2c(c1)CCC2. The van der Waals surface area contributed by atoms with Crippen molar-refractivity contribution in [2.75, 3.05) is 0 Å². The van der Waals surface area contributed by atoms with Crippen LogP contribution in [0.15, 0.2) is 46.9 Å². The molecule has 0 saturated heterocycles. The van der Waals surface area contributed by atoms with Gasteiger partial charge in [0.05, 0.1) is 6.04 Å². The summed E-state index contributed by atoms with van der Waals surface area (Å²) in [5.74, 6) is 0. The van der Waals surface area contributed by atoms with Gasteiger partial charge in [-0.25, -0.2) is 0 Å². The highest BCUT2D eigenvalue weighted by Gasteiger charge is 2.14. The van der Waals surface area contributed by atoms with Crippen molar-refractivity contribution in [1.29, 1.82) is 0 Å². The Morgan fingerprint density at radius 1 is 0.889 bits per heavy atom. The molecule has 1 aliphatic carbocycles. The molecule has 92 valence electrons. The van der Waals surface area contributed by atoms with Crippen LogP contribution in [0.25, 0.3) is 0 Å². The Hall–Kier alpha value is -1.12. The van der Waals surface area contributed by atoms with E-state index in [2.05, 4.69) is 46.3 Å². The van der Waals surface area contributed by atoms with E-state index in [4.69, 9.17) is 5.73 Å². The van der Waals surface area contributed by atoms with E-state index in [1.165, 1.54) is 36.0 Å². The normalized spacial score (nSPS) is 15.4. The lowest BCUT2D eigenvalue weighted by atomic mass is 9.96. The number of hydrogen-bond donors (Lipinski definition) is 1. The summed E-state index contributed by atoms with van der Waals surface area (Å²) in [6, 6.07) is 14.9. The summed E-state index contributed by atoms with van der Waals surface area (Å²) in [6.07, 6.45) is 3.71. The molecule has 1 nitrogen and oxygen atoms in total. The van der Waals surface area contributed by atoms with Crippen molar-refractivity contribution in [3.05, 3.63) is 69.2 Å². The zero-order chi connectivity index (χ0) is 12.5. The molecule has 18 heavy (non-hydrogen) atoms. The van der Waals surface area contributed by atoms with Gasteiger partial charge in [0.2, 0.25) is 0 Å². The van der Waals surface area contributed by atoms with Crippen molar-refractivity contribution < 1.29 is 0 Å². The number of hydrogen-bond acceptors (Lipinski definition) is 1. The van der Waals surface area contributed by atoms with E-state index in [1.54, 1.807) is 0 Å². The van der Waals surface area contributed by atoms with Crippen LogP contribution in [0.2, 0.25) is 0 Å². The summed E-state index contributed by atoms with van der Waals surface area (Å²) in [5, 5.41) is 0. The molecule has 1 unspecified atom stereocenters. The first kappa shape index (κ1) is 11.9. The monoisotopic (exact) mass is 301 g/mol. The molecule has 0 spiro atoms. The minimum Gasteiger partial charge on any atom is -0.320 e. The van der Waals surface area contributed by atoms with E-state index >= 15 is 0 Å². The first-order valence-corrected chi connectivity index (χ1v) is 7.16. The second-order valence-corrected chi connectivity index (χ2v) is 5.83. The Morgan fingerprint density at radius 3 is 2.33 bits per heavy atom. The molecule has 0 bridgehead atoms. The zero-order valence-electron chi connectivity index (χ0n) is 10.2. The van der Waals surface area contributed by atoms with Gasteiger partial charge in [-0.05, 0) is 53.6 Å². The van der Waals surface area contributed by atoms with Crippen LogP contribution < -0.4 is 5.73 Å². The van der Waals surface area contributed by atoms with Crippen molar-refractivity contribution in [2.45, 2.75) is 25.3 Å². The quantitative estimate of drug-likeness (QED) is 0.892. The number of nitrogens with two attached hydrogens (primary N) is 1. The fourth-order valence-electron chi connectivity index (χ4n) is 2.65. The van der Waals surface area contributed by atoms with Gasteiger partial charge in [-0.2, -0.15) is 0 Å². The molecular weight excluding hydrogens is 286 g/mol. The third-order valence-electron chi connectivity index (χ3n) is 3.71. The zero-order valence-corrected chi connectivity index (χ0v) is 11.8. The van der Waals surface area contributed by atoms with Crippen molar-refractivity contribution in [3.8, 4) is 0 Å². The van der Waals surface area contributed by atoms with Gasteiger partial charge in [0, 0.05) is 4.47 Å². The van der Waals surface area contributed by atoms with Crippen LogP contribution in [0.1, 0.15) is 34.7 Å². The number of aryl methyl sites for hydroxylation is 2. The minimum atomic E-state index is -0.0241.